The van der Waals surface area contributed by atoms with Crippen molar-refractivity contribution < 1.29 is 10.2 Å². The molecule has 0 aliphatic carbocycles. The van der Waals surface area contributed by atoms with Gasteiger partial charge < -0.3 is 10.2 Å². The van der Waals surface area contributed by atoms with Crippen LogP contribution in [0.1, 0.15) is 24.0 Å². The van der Waals surface area contributed by atoms with Gasteiger partial charge in [-0.05, 0) is 30.4 Å². The van der Waals surface area contributed by atoms with E-state index in [0.717, 1.165) is 19.3 Å². The summed E-state index contributed by atoms with van der Waals surface area (Å²) in [6.45, 7) is 0.390. The molecule has 2 aromatic carbocycles. The molecule has 2 rings (SSSR count). The van der Waals surface area contributed by atoms with Crippen LogP contribution in [0.4, 0.5) is 0 Å². The molecule has 0 aromatic heterocycles. The van der Waals surface area contributed by atoms with Gasteiger partial charge in [0.2, 0.25) is 0 Å². The van der Waals surface area contributed by atoms with E-state index in [9.17, 15) is 0 Å². The van der Waals surface area contributed by atoms with E-state index in [1.165, 1.54) is 11.1 Å². The highest BCUT2D eigenvalue weighted by Crippen LogP contribution is 2.07. The molecule has 0 atom stereocenters. The van der Waals surface area contributed by atoms with Crippen molar-refractivity contribution in [2.45, 2.75) is 19.3 Å². The zero-order valence-electron chi connectivity index (χ0n) is 11.2. The summed E-state index contributed by atoms with van der Waals surface area (Å²) in [6.07, 6.45) is 2.47. The van der Waals surface area contributed by atoms with Crippen molar-refractivity contribution >= 4 is 0 Å². The molecular formula is C17H22O2. The first-order valence-electron chi connectivity index (χ1n) is 6.66. The lowest BCUT2D eigenvalue weighted by molar-refractivity contribution is 0.242. The van der Waals surface area contributed by atoms with Gasteiger partial charge in [0.15, 0.2) is 0 Å². The van der Waals surface area contributed by atoms with Gasteiger partial charge in [0.25, 0.3) is 0 Å². The summed E-state index contributed by atoms with van der Waals surface area (Å²) in [4.78, 5) is 0. The SMILES string of the molecule is OCCCCO.c1ccc(Cc2ccccc2)cc1. The van der Waals surface area contributed by atoms with E-state index in [-0.39, 0.29) is 13.2 Å². The molecule has 0 aliphatic heterocycles. The molecule has 0 aliphatic rings. The van der Waals surface area contributed by atoms with Crippen molar-refractivity contribution in [1.29, 1.82) is 0 Å². The zero-order valence-corrected chi connectivity index (χ0v) is 11.2. The number of aliphatic hydroxyl groups excluding tert-OH is 2. The van der Waals surface area contributed by atoms with E-state index in [4.69, 9.17) is 10.2 Å². The third-order valence-electron chi connectivity index (χ3n) is 2.66. The highest BCUT2D eigenvalue weighted by Gasteiger charge is 1.92. The molecular weight excluding hydrogens is 236 g/mol. The van der Waals surface area contributed by atoms with E-state index in [2.05, 4.69) is 60.7 Å². The maximum atomic E-state index is 8.09. The first kappa shape index (κ1) is 15.4. The molecule has 0 heterocycles. The lowest BCUT2D eigenvalue weighted by Gasteiger charge is -2.00. The lowest BCUT2D eigenvalue weighted by atomic mass is 10.1. The second kappa shape index (κ2) is 10.3. The Morgan fingerprint density at radius 2 is 0.947 bits per heavy atom. The average Bonchev–Trinajstić information content (AvgIpc) is 2.48. The van der Waals surface area contributed by atoms with Crippen molar-refractivity contribution in [3.63, 3.8) is 0 Å². The van der Waals surface area contributed by atoms with Crippen molar-refractivity contribution in [3.8, 4) is 0 Å². The van der Waals surface area contributed by atoms with Crippen LogP contribution in [-0.4, -0.2) is 23.4 Å². The Hall–Kier alpha value is -1.64. The smallest absolute Gasteiger partial charge is 0.0431 e. The first-order valence-corrected chi connectivity index (χ1v) is 6.66. The zero-order chi connectivity index (χ0) is 13.8. The molecule has 2 aromatic rings. The standard InChI is InChI=1S/C13H12.C4H10O2/c1-3-7-12(8-4-1)11-13-9-5-2-6-10-13;5-3-1-2-4-6/h1-10H,11H2;5-6H,1-4H2. The Kier molecular flexibility index (Phi) is 8.36. The van der Waals surface area contributed by atoms with Gasteiger partial charge in [0.1, 0.15) is 0 Å². The molecule has 0 fully saturated rings. The molecule has 102 valence electrons. The number of aliphatic hydroxyl groups is 2. The molecule has 2 N–H and O–H groups in total. The van der Waals surface area contributed by atoms with E-state index < -0.39 is 0 Å². The highest BCUT2D eigenvalue weighted by molar-refractivity contribution is 5.25. The molecule has 0 saturated carbocycles. The average molecular weight is 258 g/mol. The lowest BCUT2D eigenvalue weighted by Crippen LogP contribution is -1.85. The van der Waals surface area contributed by atoms with Gasteiger partial charge in [-0.2, -0.15) is 0 Å². The maximum Gasteiger partial charge on any atom is 0.0431 e. The molecule has 0 bridgehead atoms. The minimum absolute atomic E-state index is 0.195. The Labute approximate surface area is 115 Å². The number of hydrogen-bond acceptors (Lipinski definition) is 2. The summed E-state index contributed by atoms with van der Waals surface area (Å²) >= 11 is 0. The second-order valence-electron chi connectivity index (χ2n) is 4.30. The van der Waals surface area contributed by atoms with Gasteiger partial charge in [0.05, 0.1) is 0 Å². The van der Waals surface area contributed by atoms with Gasteiger partial charge in [-0.1, -0.05) is 60.7 Å². The summed E-state index contributed by atoms with van der Waals surface area (Å²) in [6, 6.07) is 21.1. The van der Waals surface area contributed by atoms with Crippen molar-refractivity contribution in [1.82, 2.24) is 0 Å². The Morgan fingerprint density at radius 3 is 1.26 bits per heavy atom. The maximum absolute atomic E-state index is 8.09. The topological polar surface area (TPSA) is 40.5 Å². The van der Waals surface area contributed by atoms with E-state index in [0.29, 0.717) is 0 Å². The van der Waals surface area contributed by atoms with Crippen LogP contribution < -0.4 is 0 Å². The molecule has 0 amide bonds. The molecule has 0 saturated heterocycles. The van der Waals surface area contributed by atoms with Gasteiger partial charge in [-0.25, -0.2) is 0 Å². The van der Waals surface area contributed by atoms with Crippen LogP contribution in [0.15, 0.2) is 60.7 Å². The predicted molar refractivity (Wildman–Crippen MR) is 79.1 cm³/mol. The van der Waals surface area contributed by atoms with Crippen LogP contribution in [0.25, 0.3) is 0 Å². The van der Waals surface area contributed by atoms with Gasteiger partial charge in [0, 0.05) is 13.2 Å². The van der Waals surface area contributed by atoms with E-state index >= 15 is 0 Å². The Balaban J connectivity index is 0.000000258. The normalized spacial score (nSPS) is 9.58. The summed E-state index contributed by atoms with van der Waals surface area (Å²) in [5.74, 6) is 0. The molecule has 0 radical (unpaired) electrons. The number of hydrogen-bond donors (Lipinski definition) is 2. The quantitative estimate of drug-likeness (QED) is 0.809. The minimum atomic E-state index is 0.195. The molecule has 19 heavy (non-hydrogen) atoms. The van der Waals surface area contributed by atoms with Crippen molar-refractivity contribution in [3.05, 3.63) is 71.8 Å². The molecule has 2 nitrogen and oxygen atoms in total. The third kappa shape index (κ3) is 7.39. The number of benzene rings is 2. The minimum Gasteiger partial charge on any atom is -0.396 e. The second-order valence-corrected chi connectivity index (χ2v) is 4.30. The van der Waals surface area contributed by atoms with Gasteiger partial charge >= 0.3 is 0 Å². The summed E-state index contributed by atoms with van der Waals surface area (Å²) < 4.78 is 0. The first-order chi connectivity index (χ1) is 9.36. The van der Waals surface area contributed by atoms with Crippen LogP contribution in [0, 0.1) is 0 Å². The monoisotopic (exact) mass is 258 g/mol. The third-order valence-corrected chi connectivity index (χ3v) is 2.66. The van der Waals surface area contributed by atoms with Crippen LogP contribution in [-0.2, 0) is 6.42 Å². The molecule has 2 heteroatoms. The summed E-state index contributed by atoms with van der Waals surface area (Å²) in [7, 11) is 0. The molecule has 0 spiro atoms. The number of rotatable bonds is 5. The Bertz CT molecular complexity index is 370. The Morgan fingerprint density at radius 1 is 0.579 bits per heavy atom. The van der Waals surface area contributed by atoms with Crippen LogP contribution in [0.5, 0.6) is 0 Å². The predicted octanol–water partition coefficient (Wildman–Crippen LogP) is 3.03. The van der Waals surface area contributed by atoms with E-state index in [1.807, 2.05) is 0 Å². The fourth-order valence-electron chi connectivity index (χ4n) is 1.65. The largest absolute Gasteiger partial charge is 0.396 e. The summed E-state index contributed by atoms with van der Waals surface area (Å²) in [5, 5.41) is 16.2. The van der Waals surface area contributed by atoms with Crippen LogP contribution >= 0.6 is 0 Å². The van der Waals surface area contributed by atoms with Gasteiger partial charge in [-0.15, -0.1) is 0 Å². The van der Waals surface area contributed by atoms with Crippen LogP contribution in [0.3, 0.4) is 0 Å². The van der Waals surface area contributed by atoms with Crippen molar-refractivity contribution in [2.24, 2.45) is 0 Å². The number of unbranched alkanes of at least 4 members (excludes halogenated alkanes) is 1. The molecule has 0 unspecified atom stereocenters. The van der Waals surface area contributed by atoms with Crippen LogP contribution in [0.2, 0.25) is 0 Å². The van der Waals surface area contributed by atoms with E-state index in [1.54, 1.807) is 0 Å². The fourth-order valence-corrected chi connectivity index (χ4v) is 1.65. The summed E-state index contributed by atoms with van der Waals surface area (Å²) in [5.41, 5.74) is 2.74. The van der Waals surface area contributed by atoms with Gasteiger partial charge in [-0.3, -0.25) is 0 Å². The highest BCUT2D eigenvalue weighted by atomic mass is 16.3. The fraction of sp³-hybridized carbons (Fsp3) is 0.294. The van der Waals surface area contributed by atoms with Crippen molar-refractivity contribution in [2.75, 3.05) is 13.2 Å².